The highest BCUT2D eigenvalue weighted by Crippen LogP contribution is 2.41. The van der Waals surface area contributed by atoms with Gasteiger partial charge in [0.2, 0.25) is 0 Å². The molecule has 1 saturated carbocycles. The molecule has 1 aliphatic rings. The lowest BCUT2D eigenvalue weighted by molar-refractivity contribution is 0.281. The minimum Gasteiger partial charge on any atom is -0.496 e. The van der Waals surface area contributed by atoms with Crippen molar-refractivity contribution in [3.8, 4) is 5.75 Å². The summed E-state index contributed by atoms with van der Waals surface area (Å²) in [6.45, 7) is 5.34. The first-order valence-electron chi connectivity index (χ1n) is 7.68. The second-order valence-electron chi connectivity index (χ2n) is 6.10. The van der Waals surface area contributed by atoms with Crippen molar-refractivity contribution in [3.05, 3.63) is 29.6 Å². The van der Waals surface area contributed by atoms with E-state index >= 15 is 0 Å². The quantitative estimate of drug-likeness (QED) is 0.876. The van der Waals surface area contributed by atoms with Gasteiger partial charge >= 0.3 is 0 Å². The van der Waals surface area contributed by atoms with Crippen molar-refractivity contribution in [3.63, 3.8) is 0 Å². The van der Waals surface area contributed by atoms with Crippen LogP contribution in [0.3, 0.4) is 0 Å². The number of nitrogens with one attached hydrogen (secondary N) is 1. The summed E-state index contributed by atoms with van der Waals surface area (Å²) in [5.74, 6) is 1.64. The summed E-state index contributed by atoms with van der Waals surface area (Å²) in [4.78, 5) is 0. The lowest BCUT2D eigenvalue weighted by atomic mass is 9.75. The molecular formula is C17H26FNO. The molecule has 0 heterocycles. The van der Waals surface area contributed by atoms with Crippen LogP contribution in [0.15, 0.2) is 18.2 Å². The molecule has 0 aliphatic heterocycles. The van der Waals surface area contributed by atoms with Crippen LogP contribution in [0.4, 0.5) is 4.39 Å². The zero-order valence-corrected chi connectivity index (χ0v) is 12.8. The van der Waals surface area contributed by atoms with Crippen LogP contribution in [-0.4, -0.2) is 19.7 Å². The molecule has 0 bridgehead atoms. The van der Waals surface area contributed by atoms with Gasteiger partial charge in [-0.2, -0.15) is 0 Å². The zero-order valence-electron chi connectivity index (χ0n) is 12.8. The molecule has 1 aromatic carbocycles. The molecule has 1 fully saturated rings. The third-order valence-electron chi connectivity index (χ3n) is 4.29. The monoisotopic (exact) mass is 279 g/mol. The van der Waals surface area contributed by atoms with Gasteiger partial charge in [-0.3, -0.25) is 0 Å². The SMILES string of the molecule is COc1ccc(F)cc1C1CCCCC1CNC(C)C. The summed E-state index contributed by atoms with van der Waals surface area (Å²) in [5, 5.41) is 3.53. The van der Waals surface area contributed by atoms with Gasteiger partial charge in [0.15, 0.2) is 0 Å². The van der Waals surface area contributed by atoms with Crippen molar-refractivity contribution < 1.29 is 9.13 Å². The Hall–Kier alpha value is -1.09. The number of hydrogen-bond donors (Lipinski definition) is 1. The molecule has 112 valence electrons. The molecule has 3 heteroatoms. The van der Waals surface area contributed by atoms with Crippen molar-refractivity contribution in [1.29, 1.82) is 0 Å². The molecule has 0 spiro atoms. The van der Waals surface area contributed by atoms with Gasteiger partial charge < -0.3 is 10.1 Å². The summed E-state index contributed by atoms with van der Waals surface area (Å²) in [7, 11) is 1.67. The summed E-state index contributed by atoms with van der Waals surface area (Å²) < 4.78 is 19.0. The normalized spacial score (nSPS) is 23.1. The van der Waals surface area contributed by atoms with E-state index in [1.54, 1.807) is 19.2 Å². The molecule has 0 amide bonds. The molecule has 2 atom stereocenters. The van der Waals surface area contributed by atoms with E-state index in [4.69, 9.17) is 4.74 Å². The predicted molar refractivity (Wildman–Crippen MR) is 80.8 cm³/mol. The Balaban J connectivity index is 2.20. The standard InChI is InChI=1S/C17H26FNO/c1-12(2)19-11-13-6-4-5-7-15(13)16-10-14(18)8-9-17(16)20-3/h8-10,12-13,15,19H,4-7,11H2,1-3H3. The average Bonchev–Trinajstić information content (AvgIpc) is 2.45. The molecule has 2 rings (SSSR count). The van der Waals surface area contributed by atoms with Crippen molar-refractivity contribution in [1.82, 2.24) is 5.32 Å². The van der Waals surface area contributed by atoms with Crippen LogP contribution in [0.5, 0.6) is 5.75 Å². The fourth-order valence-corrected chi connectivity index (χ4v) is 3.24. The van der Waals surface area contributed by atoms with Crippen LogP contribution in [0.1, 0.15) is 51.0 Å². The topological polar surface area (TPSA) is 21.3 Å². The molecule has 1 aromatic rings. The lowest BCUT2D eigenvalue weighted by Crippen LogP contribution is -2.33. The van der Waals surface area contributed by atoms with Gasteiger partial charge in [-0.05, 0) is 49.4 Å². The maximum atomic E-state index is 13.6. The summed E-state index contributed by atoms with van der Waals surface area (Å²) in [5.41, 5.74) is 1.04. The molecule has 20 heavy (non-hydrogen) atoms. The second kappa shape index (κ2) is 7.07. The van der Waals surface area contributed by atoms with Gasteiger partial charge in [-0.1, -0.05) is 26.7 Å². The van der Waals surface area contributed by atoms with Crippen LogP contribution in [-0.2, 0) is 0 Å². The second-order valence-corrected chi connectivity index (χ2v) is 6.10. The fraction of sp³-hybridized carbons (Fsp3) is 0.647. The van der Waals surface area contributed by atoms with Crippen molar-refractivity contribution in [2.45, 2.75) is 51.5 Å². The highest BCUT2D eigenvalue weighted by molar-refractivity contribution is 5.37. The lowest BCUT2D eigenvalue weighted by Gasteiger charge is -2.33. The number of ether oxygens (including phenoxy) is 1. The number of rotatable bonds is 5. The molecule has 1 N–H and O–H groups in total. The Bertz CT molecular complexity index is 433. The number of hydrogen-bond acceptors (Lipinski definition) is 2. The molecule has 0 aromatic heterocycles. The van der Waals surface area contributed by atoms with Gasteiger partial charge in [0.1, 0.15) is 11.6 Å². The Morgan fingerprint density at radius 3 is 2.75 bits per heavy atom. The first-order valence-corrected chi connectivity index (χ1v) is 7.68. The minimum absolute atomic E-state index is 0.165. The average molecular weight is 279 g/mol. The zero-order chi connectivity index (χ0) is 14.5. The van der Waals surface area contributed by atoms with E-state index in [0.29, 0.717) is 17.9 Å². The van der Waals surface area contributed by atoms with E-state index in [1.165, 1.54) is 25.3 Å². The Morgan fingerprint density at radius 2 is 2.05 bits per heavy atom. The van der Waals surface area contributed by atoms with Gasteiger partial charge in [0, 0.05) is 11.6 Å². The van der Waals surface area contributed by atoms with Crippen molar-refractivity contribution in [2.24, 2.45) is 5.92 Å². The number of methoxy groups -OCH3 is 1. The Morgan fingerprint density at radius 1 is 1.30 bits per heavy atom. The third kappa shape index (κ3) is 3.72. The number of halogens is 1. The maximum absolute atomic E-state index is 13.6. The first kappa shape index (κ1) is 15.3. The third-order valence-corrected chi connectivity index (χ3v) is 4.29. The first-order chi connectivity index (χ1) is 9.61. The molecule has 0 radical (unpaired) electrons. The Kier molecular flexibility index (Phi) is 5.41. The summed E-state index contributed by atoms with van der Waals surface area (Å²) in [6, 6.07) is 5.39. The maximum Gasteiger partial charge on any atom is 0.123 e. The van der Waals surface area contributed by atoms with E-state index in [2.05, 4.69) is 19.2 Å². The Labute approximate surface area is 121 Å². The smallest absolute Gasteiger partial charge is 0.123 e. The van der Waals surface area contributed by atoms with E-state index in [9.17, 15) is 4.39 Å². The molecular weight excluding hydrogens is 253 g/mol. The van der Waals surface area contributed by atoms with Gasteiger partial charge in [0.05, 0.1) is 7.11 Å². The van der Waals surface area contributed by atoms with Crippen LogP contribution >= 0.6 is 0 Å². The minimum atomic E-state index is -0.165. The van der Waals surface area contributed by atoms with Crippen molar-refractivity contribution in [2.75, 3.05) is 13.7 Å². The van der Waals surface area contributed by atoms with Crippen LogP contribution in [0.2, 0.25) is 0 Å². The molecule has 2 unspecified atom stereocenters. The van der Waals surface area contributed by atoms with Crippen LogP contribution in [0.25, 0.3) is 0 Å². The highest BCUT2D eigenvalue weighted by atomic mass is 19.1. The summed E-state index contributed by atoms with van der Waals surface area (Å²) in [6.07, 6.45) is 4.84. The van der Waals surface area contributed by atoms with E-state index in [1.807, 2.05) is 0 Å². The van der Waals surface area contributed by atoms with Gasteiger partial charge in [-0.25, -0.2) is 4.39 Å². The van der Waals surface area contributed by atoms with Gasteiger partial charge in [0.25, 0.3) is 0 Å². The fourth-order valence-electron chi connectivity index (χ4n) is 3.24. The number of benzene rings is 1. The predicted octanol–water partition coefficient (Wildman–Crippen LogP) is 4.11. The van der Waals surface area contributed by atoms with Crippen LogP contribution in [0, 0.1) is 11.7 Å². The molecule has 2 nitrogen and oxygen atoms in total. The van der Waals surface area contributed by atoms with Crippen molar-refractivity contribution >= 4 is 0 Å². The highest BCUT2D eigenvalue weighted by Gasteiger charge is 2.28. The summed E-state index contributed by atoms with van der Waals surface area (Å²) >= 11 is 0. The molecule has 1 aliphatic carbocycles. The van der Waals surface area contributed by atoms with Crippen LogP contribution < -0.4 is 10.1 Å². The van der Waals surface area contributed by atoms with E-state index in [-0.39, 0.29) is 5.82 Å². The molecule has 0 saturated heterocycles. The largest absolute Gasteiger partial charge is 0.496 e. The van der Waals surface area contributed by atoms with Gasteiger partial charge in [-0.15, -0.1) is 0 Å². The van der Waals surface area contributed by atoms with E-state index < -0.39 is 0 Å². The van der Waals surface area contributed by atoms with E-state index in [0.717, 1.165) is 24.3 Å².